The molecule has 0 spiro atoms. The first-order valence-electron chi connectivity index (χ1n) is 12.4. The van der Waals surface area contributed by atoms with Crippen molar-refractivity contribution in [2.45, 2.75) is 32.4 Å². The van der Waals surface area contributed by atoms with Gasteiger partial charge in [0.1, 0.15) is 22.0 Å². The van der Waals surface area contributed by atoms with Gasteiger partial charge in [0.2, 0.25) is 0 Å². The molecule has 0 radical (unpaired) electrons. The van der Waals surface area contributed by atoms with Crippen molar-refractivity contribution >= 4 is 24.2 Å². The van der Waals surface area contributed by atoms with Gasteiger partial charge in [0.05, 0.1) is 11.9 Å². The fraction of sp³-hybridized carbons (Fsp3) is 0.167. The number of hydrogen-bond donors (Lipinski definition) is 3. The SMILES string of the molecule is CC(C)(C)OC(=O)NC(C(=O)Oc1ccc(C=c2[nH]c(=O)c(=Cc3ccccc3)[nH]c2=O)nc1)c1ccccc1. The number of esters is 1. The van der Waals surface area contributed by atoms with Crippen LogP contribution in [0.15, 0.2) is 88.6 Å². The molecule has 1 atom stereocenters. The summed E-state index contributed by atoms with van der Waals surface area (Å²) in [5, 5.41) is 2.68. The summed E-state index contributed by atoms with van der Waals surface area (Å²) in [5.41, 5.74) is -0.108. The van der Waals surface area contributed by atoms with E-state index in [4.69, 9.17) is 9.47 Å². The van der Waals surface area contributed by atoms with E-state index in [1.54, 1.807) is 57.2 Å². The molecule has 40 heavy (non-hydrogen) atoms. The van der Waals surface area contributed by atoms with Crippen LogP contribution in [0.5, 0.6) is 5.75 Å². The number of carbonyl (C=O) groups is 2. The fourth-order valence-electron chi connectivity index (χ4n) is 3.62. The second kappa shape index (κ2) is 12.1. The molecule has 2 aromatic carbocycles. The van der Waals surface area contributed by atoms with Crippen LogP contribution in [0.2, 0.25) is 0 Å². The topological polar surface area (TPSA) is 143 Å². The van der Waals surface area contributed by atoms with Gasteiger partial charge in [-0.15, -0.1) is 0 Å². The number of H-pyrrole nitrogens is 2. The van der Waals surface area contributed by atoms with Crippen molar-refractivity contribution < 1.29 is 19.1 Å². The number of aromatic amines is 2. The molecular weight excluding hydrogens is 512 g/mol. The summed E-state index contributed by atoms with van der Waals surface area (Å²) in [6.45, 7) is 5.15. The third kappa shape index (κ3) is 7.64. The molecule has 0 saturated carbocycles. The lowest BCUT2D eigenvalue weighted by Gasteiger charge is -2.23. The van der Waals surface area contributed by atoms with Gasteiger partial charge in [0.15, 0.2) is 6.04 Å². The van der Waals surface area contributed by atoms with Crippen molar-refractivity contribution in [1.82, 2.24) is 20.3 Å². The molecule has 4 rings (SSSR count). The normalized spacial score (nSPS) is 13.0. The van der Waals surface area contributed by atoms with Crippen LogP contribution >= 0.6 is 0 Å². The number of pyridine rings is 1. The molecule has 2 heterocycles. The number of carbonyl (C=O) groups excluding carboxylic acids is 2. The first kappa shape index (κ1) is 27.8. The van der Waals surface area contributed by atoms with Crippen LogP contribution in [-0.4, -0.2) is 32.6 Å². The molecule has 0 aliphatic rings. The average molecular weight is 541 g/mol. The van der Waals surface area contributed by atoms with Gasteiger partial charge in [-0.1, -0.05) is 60.7 Å². The minimum Gasteiger partial charge on any atom is -0.444 e. The lowest BCUT2D eigenvalue weighted by molar-refractivity contribution is -0.137. The molecule has 0 aliphatic carbocycles. The quantitative estimate of drug-likeness (QED) is 0.319. The van der Waals surface area contributed by atoms with Crippen molar-refractivity contribution in [1.29, 1.82) is 0 Å². The number of aromatic nitrogens is 3. The maximum Gasteiger partial charge on any atom is 0.408 e. The van der Waals surface area contributed by atoms with Crippen molar-refractivity contribution in [2.75, 3.05) is 0 Å². The van der Waals surface area contributed by atoms with E-state index in [-0.39, 0.29) is 16.4 Å². The summed E-state index contributed by atoms with van der Waals surface area (Å²) in [5.74, 6) is -0.633. The van der Waals surface area contributed by atoms with Crippen LogP contribution in [0, 0.1) is 0 Å². The Labute approximate surface area is 229 Å². The van der Waals surface area contributed by atoms with E-state index in [9.17, 15) is 19.2 Å². The summed E-state index contributed by atoms with van der Waals surface area (Å²) < 4.78 is 10.8. The largest absolute Gasteiger partial charge is 0.444 e. The number of nitrogens with zero attached hydrogens (tertiary/aromatic N) is 1. The number of nitrogens with one attached hydrogen (secondary N) is 3. The molecular formula is C30H28N4O6. The third-order valence-electron chi connectivity index (χ3n) is 5.40. The smallest absolute Gasteiger partial charge is 0.408 e. The van der Waals surface area contributed by atoms with E-state index in [2.05, 4.69) is 20.3 Å². The van der Waals surface area contributed by atoms with Crippen LogP contribution in [0.4, 0.5) is 4.79 Å². The predicted octanol–water partition coefficient (Wildman–Crippen LogP) is 2.29. The van der Waals surface area contributed by atoms with E-state index >= 15 is 0 Å². The molecule has 204 valence electrons. The predicted molar refractivity (Wildman–Crippen MR) is 149 cm³/mol. The molecule has 10 heteroatoms. The first-order valence-corrected chi connectivity index (χ1v) is 12.4. The molecule has 1 amide bonds. The zero-order valence-corrected chi connectivity index (χ0v) is 22.1. The molecule has 0 saturated heterocycles. The summed E-state index contributed by atoms with van der Waals surface area (Å²) in [4.78, 5) is 59.8. The van der Waals surface area contributed by atoms with Gasteiger partial charge < -0.3 is 24.8 Å². The second-order valence-corrected chi connectivity index (χ2v) is 9.76. The Balaban J connectivity index is 1.53. The number of rotatable bonds is 6. The number of amides is 1. The fourth-order valence-corrected chi connectivity index (χ4v) is 3.62. The highest BCUT2D eigenvalue weighted by atomic mass is 16.6. The summed E-state index contributed by atoms with van der Waals surface area (Å²) >= 11 is 0. The van der Waals surface area contributed by atoms with Gasteiger partial charge in [-0.2, -0.15) is 0 Å². The summed E-state index contributed by atoms with van der Waals surface area (Å²) in [6.07, 6.45) is 3.50. The summed E-state index contributed by atoms with van der Waals surface area (Å²) in [7, 11) is 0. The highest BCUT2D eigenvalue weighted by molar-refractivity contribution is 5.84. The monoisotopic (exact) mass is 540 g/mol. The van der Waals surface area contributed by atoms with Crippen LogP contribution in [0.3, 0.4) is 0 Å². The average Bonchev–Trinajstić information content (AvgIpc) is 2.91. The van der Waals surface area contributed by atoms with Gasteiger partial charge in [-0.3, -0.25) is 14.6 Å². The Morgan fingerprint density at radius 3 is 2.02 bits per heavy atom. The summed E-state index contributed by atoms with van der Waals surface area (Å²) in [6, 6.07) is 19.6. The lowest BCUT2D eigenvalue weighted by atomic mass is 10.1. The van der Waals surface area contributed by atoms with Gasteiger partial charge in [0.25, 0.3) is 11.1 Å². The van der Waals surface area contributed by atoms with Gasteiger partial charge in [-0.05, 0) is 56.2 Å². The van der Waals surface area contributed by atoms with E-state index in [0.717, 1.165) is 5.56 Å². The molecule has 1 unspecified atom stereocenters. The Hall–Kier alpha value is -5.25. The lowest BCUT2D eigenvalue weighted by Crippen LogP contribution is -2.46. The van der Waals surface area contributed by atoms with Crippen molar-refractivity contribution in [3.05, 3.63) is 127 Å². The standard InChI is InChI=1S/C30H28N4O6/c1-30(2,3)40-29(38)34-25(20-12-8-5-9-13-20)28(37)39-22-15-14-21(31-18-22)17-24-27(36)32-23(26(35)33-24)16-19-10-6-4-7-11-19/h4-18,25H,1-3H3,(H,32,36)(H,33,35)(H,34,38). The maximum absolute atomic E-state index is 13.0. The highest BCUT2D eigenvalue weighted by Gasteiger charge is 2.27. The first-order chi connectivity index (χ1) is 19.1. The van der Waals surface area contributed by atoms with Crippen LogP contribution in [0.25, 0.3) is 12.2 Å². The van der Waals surface area contributed by atoms with E-state index in [1.165, 1.54) is 24.4 Å². The molecule has 3 N–H and O–H groups in total. The Morgan fingerprint density at radius 1 is 0.850 bits per heavy atom. The van der Waals surface area contributed by atoms with Gasteiger partial charge >= 0.3 is 12.1 Å². The minimum atomic E-state index is -1.13. The van der Waals surface area contributed by atoms with Crippen molar-refractivity contribution in [3.8, 4) is 5.75 Å². The van der Waals surface area contributed by atoms with Crippen LogP contribution < -0.4 is 31.9 Å². The minimum absolute atomic E-state index is 0.0122. The van der Waals surface area contributed by atoms with E-state index < -0.39 is 34.8 Å². The van der Waals surface area contributed by atoms with Crippen LogP contribution in [0.1, 0.15) is 43.6 Å². The molecule has 4 aromatic rings. The Morgan fingerprint density at radius 2 is 1.45 bits per heavy atom. The maximum atomic E-state index is 13.0. The molecule has 10 nitrogen and oxygen atoms in total. The van der Waals surface area contributed by atoms with Crippen LogP contribution in [-0.2, 0) is 9.53 Å². The zero-order chi connectivity index (χ0) is 28.7. The van der Waals surface area contributed by atoms with Crippen molar-refractivity contribution in [3.63, 3.8) is 0 Å². The number of benzene rings is 2. The Kier molecular flexibility index (Phi) is 8.39. The number of hydrogen-bond acceptors (Lipinski definition) is 7. The Bertz CT molecular complexity index is 1720. The second-order valence-electron chi connectivity index (χ2n) is 9.76. The van der Waals surface area contributed by atoms with E-state index in [0.29, 0.717) is 11.3 Å². The third-order valence-corrected chi connectivity index (χ3v) is 5.40. The number of alkyl carbamates (subject to hydrolysis) is 1. The molecule has 0 bridgehead atoms. The number of ether oxygens (including phenoxy) is 2. The highest BCUT2D eigenvalue weighted by Crippen LogP contribution is 2.19. The van der Waals surface area contributed by atoms with E-state index in [1.807, 2.05) is 30.3 Å². The van der Waals surface area contributed by atoms with Gasteiger partial charge in [0, 0.05) is 0 Å². The zero-order valence-electron chi connectivity index (χ0n) is 22.1. The molecule has 0 fully saturated rings. The molecule has 0 aliphatic heterocycles. The van der Waals surface area contributed by atoms with Crippen molar-refractivity contribution in [2.24, 2.45) is 0 Å². The molecule has 2 aromatic heterocycles. The van der Waals surface area contributed by atoms with Gasteiger partial charge in [-0.25, -0.2) is 9.59 Å².